The number of nitrogens with zero attached hydrogens (tertiary/aromatic N) is 1. The number of anilines is 1. The Bertz CT molecular complexity index is 921. The number of benzene rings is 2. The summed E-state index contributed by atoms with van der Waals surface area (Å²) in [6.07, 6.45) is 5.20. The molecular formula is C24H28N2O4. The van der Waals surface area contributed by atoms with Gasteiger partial charge in [-0.25, -0.2) is 4.79 Å². The summed E-state index contributed by atoms with van der Waals surface area (Å²) in [5, 5.41) is 0. The smallest absolute Gasteiger partial charge is 0.338 e. The van der Waals surface area contributed by atoms with Crippen LogP contribution < -0.4 is 10.5 Å². The molecule has 0 bridgehead atoms. The van der Waals surface area contributed by atoms with Crippen molar-refractivity contribution in [3.63, 3.8) is 0 Å². The molecule has 6 nitrogen and oxygen atoms in total. The molecule has 2 aliphatic rings. The van der Waals surface area contributed by atoms with Gasteiger partial charge < -0.3 is 20.1 Å². The molecule has 0 aromatic heterocycles. The van der Waals surface area contributed by atoms with Crippen LogP contribution in [0, 0.1) is 0 Å². The van der Waals surface area contributed by atoms with E-state index in [1.54, 1.807) is 18.2 Å². The summed E-state index contributed by atoms with van der Waals surface area (Å²) in [6, 6.07) is 13.1. The van der Waals surface area contributed by atoms with Crippen molar-refractivity contribution in [2.24, 2.45) is 0 Å². The lowest BCUT2D eigenvalue weighted by Crippen LogP contribution is -2.36. The van der Waals surface area contributed by atoms with Crippen molar-refractivity contribution < 1.29 is 19.1 Å². The molecule has 0 atom stereocenters. The Balaban J connectivity index is 1.30. The van der Waals surface area contributed by atoms with E-state index in [0.29, 0.717) is 23.5 Å². The minimum absolute atomic E-state index is 0.00622. The maximum atomic E-state index is 12.6. The molecule has 0 radical (unpaired) electrons. The number of hydrogen-bond acceptors (Lipinski definition) is 5. The highest BCUT2D eigenvalue weighted by atomic mass is 16.5. The van der Waals surface area contributed by atoms with Gasteiger partial charge in [-0.2, -0.15) is 0 Å². The molecule has 1 fully saturated rings. The first-order chi connectivity index (χ1) is 14.6. The second-order valence-corrected chi connectivity index (χ2v) is 8.00. The van der Waals surface area contributed by atoms with Crippen LogP contribution in [-0.4, -0.2) is 36.0 Å². The van der Waals surface area contributed by atoms with E-state index in [0.717, 1.165) is 38.6 Å². The van der Waals surface area contributed by atoms with Crippen molar-refractivity contribution in [2.75, 3.05) is 18.9 Å². The molecule has 30 heavy (non-hydrogen) atoms. The molecule has 4 rings (SSSR count). The lowest BCUT2D eigenvalue weighted by molar-refractivity contribution is -0.132. The van der Waals surface area contributed by atoms with Gasteiger partial charge in [-0.1, -0.05) is 24.3 Å². The summed E-state index contributed by atoms with van der Waals surface area (Å²) in [6.45, 7) is 1.57. The van der Waals surface area contributed by atoms with Crippen molar-refractivity contribution in [2.45, 2.75) is 51.2 Å². The molecule has 158 valence electrons. The molecular weight excluding hydrogens is 380 g/mol. The SMILES string of the molecule is Nc1ccc(C(=O)OC2CCCC2)cc1OCCC(=O)N1CCc2ccccc2C1. The van der Waals surface area contributed by atoms with Gasteiger partial charge in [0.25, 0.3) is 0 Å². The van der Waals surface area contributed by atoms with E-state index in [1.165, 1.54) is 11.1 Å². The molecule has 2 N–H and O–H groups in total. The molecule has 6 heteroatoms. The number of fused-ring (bicyclic) bond motifs is 1. The Morgan fingerprint density at radius 2 is 1.83 bits per heavy atom. The topological polar surface area (TPSA) is 81.9 Å². The van der Waals surface area contributed by atoms with Crippen LogP contribution in [0.2, 0.25) is 0 Å². The summed E-state index contributed by atoms with van der Waals surface area (Å²) in [5.74, 6) is 0.113. The quantitative estimate of drug-likeness (QED) is 0.582. The summed E-state index contributed by atoms with van der Waals surface area (Å²) < 4.78 is 11.3. The van der Waals surface area contributed by atoms with Crippen molar-refractivity contribution in [3.05, 3.63) is 59.2 Å². The second kappa shape index (κ2) is 9.20. The summed E-state index contributed by atoms with van der Waals surface area (Å²) in [7, 11) is 0. The molecule has 0 saturated heterocycles. The fourth-order valence-electron chi connectivity index (χ4n) is 4.13. The zero-order valence-corrected chi connectivity index (χ0v) is 17.1. The van der Waals surface area contributed by atoms with Crippen molar-refractivity contribution in [1.82, 2.24) is 4.90 Å². The number of esters is 1. The molecule has 1 aliphatic heterocycles. The summed E-state index contributed by atoms with van der Waals surface area (Å²) in [4.78, 5) is 26.8. The minimum atomic E-state index is -0.352. The second-order valence-electron chi connectivity index (χ2n) is 8.00. The van der Waals surface area contributed by atoms with E-state index >= 15 is 0 Å². The third kappa shape index (κ3) is 4.75. The van der Waals surface area contributed by atoms with Gasteiger partial charge in [0.05, 0.1) is 24.3 Å². The standard InChI is InChI=1S/C24H28N2O4/c25-21-10-9-18(24(28)30-20-7-3-4-8-20)15-22(21)29-14-12-23(27)26-13-11-17-5-1-2-6-19(17)16-26/h1-2,5-6,9-10,15,20H,3-4,7-8,11-14,16,25H2. The fourth-order valence-corrected chi connectivity index (χ4v) is 4.13. The lowest BCUT2D eigenvalue weighted by Gasteiger charge is -2.29. The van der Waals surface area contributed by atoms with Crippen molar-refractivity contribution in [1.29, 1.82) is 0 Å². The molecule has 1 aliphatic carbocycles. The number of hydrogen-bond donors (Lipinski definition) is 1. The molecule has 0 unspecified atom stereocenters. The largest absolute Gasteiger partial charge is 0.491 e. The van der Waals surface area contributed by atoms with Gasteiger partial charge in [0, 0.05) is 13.1 Å². The van der Waals surface area contributed by atoms with Crippen LogP contribution in [0.3, 0.4) is 0 Å². The van der Waals surface area contributed by atoms with Gasteiger partial charge in [-0.15, -0.1) is 0 Å². The van der Waals surface area contributed by atoms with Crippen LogP contribution in [0.1, 0.15) is 53.6 Å². The Kier molecular flexibility index (Phi) is 6.21. The number of rotatable bonds is 6. The van der Waals surface area contributed by atoms with Gasteiger partial charge >= 0.3 is 5.97 Å². The maximum Gasteiger partial charge on any atom is 0.338 e. The normalized spacial score (nSPS) is 16.2. The third-order valence-electron chi connectivity index (χ3n) is 5.88. The molecule has 2 aromatic rings. The fraction of sp³-hybridized carbons (Fsp3) is 0.417. The van der Waals surface area contributed by atoms with Crippen molar-refractivity contribution in [3.8, 4) is 5.75 Å². The minimum Gasteiger partial charge on any atom is -0.491 e. The molecule has 1 amide bonds. The number of carbonyl (C=O) groups excluding carboxylic acids is 2. The van der Waals surface area contributed by atoms with E-state index < -0.39 is 0 Å². The first-order valence-corrected chi connectivity index (χ1v) is 10.7. The van der Waals surface area contributed by atoms with Gasteiger partial charge in [0.1, 0.15) is 11.9 Å². The van der Waals surface area contributed by atoms with Crippen LogP contribution >= 0.6 is 0 Å². The lowest BCUT2D eigenvalue weighted by atomic mass is 10.00. The van der Waals surface area contributed by atoms with Gasteiger partial charge in [-0.05, 0) is 61.4 Å². The van der Waals surface area contributed by atoms with E-state index in [2.05, 4.69) is 12.1 Å². The number of nitrogens with two attached hydrogens (primary N) is 1. The number of carbonyl (C=O) groups is 2. The average molecular weight is 408 g/mol. The van der Waals surface area contributed by atoms with Crippen molar-refractivity contribution >= 4 is 17.6 Å². The van der Waals surface area contributed by atoms with E-state index in [-0.39, 0.29) is 31.0 Å². The predicted molar refractivity (Wildman–Crippen MR) is 114 cm³/mol. The molecule has 1 heterocycles. The number of amides is 1. The molecule has 1 saturated carbocycles. The monoisotopic (exact) mass is 408 g/mol. The van der Waals surface area contributed by atoms with Crippen LogP contribution in [-0.2, 0) is 22.5 Å². The number of ether oxygens (including phenoxy) is 2. The zero-order valence-electron chi connectivity index (χ0n) is 17.1. The van der Waals surface area contributed by atoms with Crippen LogP contribution in [0.5, 0.6) is 5.75 Å². The highest BCUT2D eigenvalue weighted by molar-refractivity contribution is 5.90. The van der Waals surface area contributed by atoms with Gasteiger partial charge in [0.15, 0.2) is 0 Å². The molecule has 0 spiro atoms. The highest BCUT2D eigenvalue weighted by Crippen LogP contribution is 2.26. The third-order valence-corrected chi connectivity index (χ3v) is 5.88. The Labute approximate surface area is 177 Å². The predicted octanol–water partition coefficient (Wildman–Crippen LogP) is 3.72. The number of nitrogen functional groups attached to an aromatic ring is 1. The van der Waals surface area contributed by atoms with Crippen LogP contribution in [0.4, 0.5) is 5.69 Å². The summed E-state index contributed by atoms with van der Waals surface area (Å²) >= 11 is 0. The van der Waals surface area contributed by atoms with E-state index in [9.17, 15) is 9.59 Å². The first-order valence-electron chi connectivity index (χ1n) is 10.7. The van der Waals surface area contributed by atoms with E-state index in [1.807, 2.05) is 17.0 Å². The first kappa shape index (κ1) is 20.3. The Morgan fingerprint density at radius 1 is 1.07 bits per heavy atom. The maximum absolute atomic E-state index is 12.6. The van der Waals surface area contributed by atoms with Gasteiger partial charge in [0.2, 0.25) is 5.91 Å². The Hall–Kier alpha value is -3.02. The molecule has 2 aromatic carbocycles. The van der Waals surface area contributed by atoms with Gasteiger partial charge in [-0.3, -0.25) is 4.79 Å². The average Bonchev–Trinajstić information content (AvgIpc) is 3.27. The summed E-state index contributed by atoms with van der Waals surface area (Å²) in [5.41, 5.74) is 9.37. The highest BCUT2D eigenvalue weighted by Gasteiger charge is 2.22. The Morgan fingerprint density at radius 3 is 2.63 bits per heavy atom. The zero-order chi connectivity index (χ0) is 20.9. The van der Waals surface area contributed by atoms with Crippen LogP contribution in [0.15, 0.2) is 42.5 Å². The van der Waals surface area contributed by atoms with E-state index in [4.69, 9.17) is 15.2 Å². The van der Waals surface area contributed by atoms with Crippen LogP contribution in [0.25, 0.3) is 0 Å².